The Bertz CT molecular complexity index is 493. The summed E-state index contributed by atoms with van der Waals surface area (Å²) in [6.45, 7) is 5.90. The molecule has 0 bridgehead atoms. The van der Waals surface area contributed by atoms with Crippen molar-refractivity contribution in [2.45, 2.75) is 51.0 Å². The average molecular weight is 300 g/mol. The van der Waals surface area contributed by atoms with Crippen LogP contribution in [0.4, 0.5) is 0 Å². The fourth-order valence-corrected chi connectivity index (χ4v) is 2.65. The predicted octanol–water partition coefficient (Wildman–Crippen LogP) is 2.89. The normalized spacial score (nSPS) is 15.0. The number of hydrogen-bond acceptors (Lipinski definition) is 4. The van der Waals surface area contributed by atoms with Gasteiger partial charge in [0.25, 0.3) is 10.1 Å². The summed E-state index contributed by atoms with van der Waals surface area (Å²) in [4.78, 5) is 0.122. The highest BCUT2D eigenvalue weighted by Gasteiger charge is 2.17. The van der Waals surface area contributed by atoms with E-state index >= 15 is 0 Å². The summed E-state index contributed by atoms with van der Waals surface area (Å²) in [6, 6.07) is 6.46. The summed E-state index contributed by atoms with van der Waals surface area (Å²) in [7, 11) is -3.78. The van der Waals surface area contributed by atoms with Crippen LogP contribution in [0.1, 0.15) is 38.7 Å². The first-order chi connectivity index (χ1) is 9.35. The summed E-state index contributed by atoms with van der Waals surface area (Å²) in [5.74, 6) is 0.526. The van der Waals surface area contributed by atoms with Crippen LogP contribution in [0.15, 0.2) is 29.2 Å². The minimum absolute atomic E-state index is 0.122. The molecule has 0 spiro atoms. The quantitative estimate of drug-likeness (QED) is 0.750. The second-order valence-electron chi connectivity index (χ2n) is 5.30. The highest BCUT2D eigenvalue weighted by Crippen LogP contribution is 2.15. The Balaban J connectivity index is 2.49. The monoisotopic (exact) mass is 300 g/mol. The molecule has 1 aromatic carbocycles. The van der Waals surface area contributed by atoms with E-state index in [9.17, 15) is 13.5 Å². The molecule has 0 unspecified atom stereocenters. The Morgan fingerprint density at radius 3 is 2.35 bits per heavy atom. The van der Waals surface area contributed by atoms with Gasteiger partial charge in [-0.1, -0.05) is 38.0 Å². The summed E-state index contributed by atoms with van der Waals surface area (Å²) >= 11 is 0. The molecule has 0 saturated heterocycles. The number of benzene rings is 1. The summed E-state index contributed by atoms with van der Waals surface area (Å²) in [5.41, 5.74) is 0.984. The van der Waals surface area contributed by atoms with Crippen LogP contribution < -0.4 is 0 Å². The fourth-order valence-electron chi connectivity index (χ4n) is 1.71. The topological polar surface area (TPSA) is 63.6 Å². The van der Waals surface area contributed by atoms with Gasteiger partial charge in [0.15, 0.2) is 0 Å². The number of aliphatic hydroxyl groups is 1. The molecule has 0 aliphatic heterocycles. The molecular formula is C15H24O4S. The van der Waals surface area contributed by atoms with Gasteiger partial charge in [-0.25, -0.2) is 0 Å². The number of aryl methyl sites for hydroxylation is 1. The lowest BCUT2D eigenvalue weighted by Crippen LogP contribution is -2.19. The second-order valence-corrected chi connectivity index (χ2v) is 6.91. The number of aliphatic hydroxyl groups excluding tert-OH is 1. The average Bonchev–Trinajstić information content (AvgIpc) is 2.43. The molecule has 0 aliphatic carbocycles. The van der Waals surface area contributed by atoms with E-state index in [1.807, 2.05) is 6.92 Å². The molecule has 1 rings (SSSR count). The van der Waals surface area contributed by atoms with Crippen LogP contribution in [0.25, 0.3) is 0 Å². The van der Waals surface area contributed by atoms with Gasteiger partial charge in [0.05, 0.1) is 17.6 Å². The standard InChI is InChI=1S/C15H24O4S/c1-4-12(2)5-8-14(16)11-19-20(17,18)15-9-6-13(3)7-10-15/h6-7,9-10,12,14,16H,4-5,8,11H2,1-3H3/t12-,14+/m0/s1. The Hall–Kier alpha value is -0.910. The van der Waals surface area contributed by atoms with Crippen LogP contribution in [0, 0.1) is 12.8 Å². The van der Waals surface area contributed by atoms with Gasteiger partial charge in [-0.3, -0.25) is 4.18 Å². The largest absolute Gasteiger partial charge is 0.391 e. The Morgan fingerprint density at radius 2 is 1.80 bits per heavy atom. The van der Waals surface area contributed by atoms with Crippen molar-refractivity contribution in [2.75, 3.05) is 6.61 Å². The van der Waals surface area contributed by atoms with Gasteiger partial charge in [-0.2, -0.15) is 8.42 Å². The van der Waals surface area contributed by atoms with Gasteiger partial charge in [-0.15, -0.1) is 0 Å². The lowest BCUT2D eigenvalue weighted by Gasteiger charge is -2.13. The molecule has 1 aromatic rings. The lowest BCUT2D eigenvalue weighted by atomic mass is 10.0. The molecule has 0 radical (unpaired) electrons. The van der Waals surface area contributed by atoms with Crippen molar-refractivity contribution in [3.05, 3.63) is 29.8 Å². The van der Waals surface area contributed by atoms with Gasteiger partial charge in [0.1, 0.15) is 0 Å². The van der Waals surface area contributed by atoms with Gasteiger partial charge in [0, 0.05) is 0 Å². The van der Waals surface area contributed by atoms with E-state index in [4.69, 9.17) is 4.18 Å². The van der Waals surface area contributed by atoms with Gasteiger partial charge in [-0.05, 0) is 37.8 Å². The van der Waals surface area contributed by atoms with E-state index in [1.165, 1.54) is 12.1 Å². The second kappa shape index (κ2) is 7.76. The van der Waals surface area contributed by atoms with E-state index in [0.717, 1.165) is 18.4 Å². The van der Waals surface area contributed by atoms with Crippen molar-refractivity contribution in [1.29, 1.82) is 0 Å². The van der Waals surface area contributed by atoms with Gasteiger partial charge < -0.3 is 5.11 Å². The molecule has 114 valence electrons. The molecule has 20 heavy (non-hydrogen) atoms. The van der Waals surface area contributed by atoms with Crippen molar-refractivity contribution in [3.8, 4) is 0 Å². The van der Waals surface area contributed by atoms with Crippen LogP contribution in [-0.2, 0) is 14.3 Å². The highest BCUT2D eigenvalue weighted by molar-refractivity contribution is 7.86. The van der Waals surface area contributed by atoms with Crippen molar-refractivity contribution < 1.29 is 17.7 Å². The first-order valence-corrected chi connectivity index (χ1v) is 8.40. The highest BCUT2D eigenvalue weighted by atomic mass is 32.2. The van der Waals surface area contributed by atoms with Crippen molar-refractivity contribution in [2.24, 2.45) is 5.92 Å². The first-order valence-electron chi connectivity index (χ1n) is 6.99. The van der Waals surface area contributed by atoms with E-state index in [1.54, 1.807) is 12.1 Å². The van der Waals surface area contributed by atoms with E-state index in [-0.39, 0.29) is 11.5 Å². The molecule has 2 atom stereocenters. The molecule has 4 nitrogen and oxygen atoms in total. The van der Waals surface area contributed by atoms with Gasteiger partial charge in [0.2, 0.25) is 0 Å². The maximum atomic E-state index is 11.9. The summed E-state index contributed by atoms with van der Waals surface area (Å²) in [6.07, 6.45) is 1.73. The zero-order valence-electron chi connectivity index (χ0n) is 12.4. The zero-order chi connectivity index (χ0) is 15.2. The van der Waals surface area contributed by atoms with E-state index in [2.05, 4.69) is 13.8 Å². The van der Waals surface area contributed by atoms with Crippen molar-refractivity contribution in [3.63, 3.8) is 0 Å². The van der Waals surface area contributed by atoms with Crippen LogP contribution in [-0.4, -0.2) is 26.2 Å². The fraction of sp³-hybridized carbons (Fsp3) is 0.600. The van der Waals surface area contributed by atoms with Crippen molar-refractivity contribution in [1.82, 2.24) is 0 Å². The van der Waals surface area contributed by atoms with Crippen LogP contribution in [0.5, 0.6) is 0 Å². The molecule has 0 heterocycles. The Kier molecular flexibility index (Phi) is 6.65. The van der Waals surface area contributed by atoms with E-state index in [0.29, 0.717) is 12.3 Å². The Morgan fingerprint density at radius 1 is 1.20 bits per heavy atom. The third-order valence-corrected chi connectivity index (χ3v) is 4.71. The minimum Gasteiger partial charge on any atom is -0.391 e. The molecule has 1 N–H and O–H groups in total. The number of rotatable bonds is 8. The minimum atomic E-state index is -3.78. The third kappa shape index (κ3) is 5.61. The summed E-state index contributed by atoms with van der Waals surface area (Å²) < 4.78 is 28.7. The maximum Gasteiger partial charge on any atom is 0.297 e. The molecule has 0 amide bonds. The van der Waals surface area contributed by atoms with Crippen molar-refractivity contribution >= 4 is 10.1 Å². The SMILES string of the molecule is CC[C@H](C)CC[C@@H](O)COS(=O)(=O)c1ccc(C)cc1. The molecule has 0 aromatic heterocycles. The van der Waals surface area contributed by atoms with E-state index < -0.39 is 16.2 Å². The molecule has 5 heteroatoms. The maximum absolute atomic E-state index is 11.9. The Labute approximate surface area is 121 Å². The van der Waals surface area contributed by atoms with Crippen LogP contribution >= 0.6 is 0 Å². The van der Waals surface area contributed by atoms with Crippen LogP contribution in [0.2, 0.25) is 0 Å². The third-order valence-electron chi connectivity index (χ3n) is 3.41. The molecular weight excluding hydrogens is 276 g/mol. The summed E-state index contributed by atoms with van der Waals surface area (Å²) in [5, 5.41) is 9.76. The smallest absolute Gasteiger partial charge is 0.297 e. The number of hydrogen-bond donors (Lipinski definition) is 1. The van der Waals surface area contributed by atoms with Crippen LogP contribution in [0.3, 0.4) is 0 Å². The molecule has 0 saturated carbocycles. The first kappa shape index (κ1) is 17.1. The predicted molar refractivity (Wildman–Crippen MR) is 79.0 cm³/mol. The zero-order valence-corrected chi connectivity index (χ0v) is 13.2. The molecule has 0 fully saturated rings. The lowest BCUT2D eigenvalue weighted by molar-refractivity contribution is 0.0970. The van der Waals surface area contributed by atoms with Gasteiger partial charge >= 0.3 is 0 Å². The molecule has 0 aliphatic rings.